The average Bonchev–Trinajstić information content (AvgIpc) is 2.74. The number of anilines is 4. The first kappa shape index (κ1) is 21.1. The Morgan fingerprint density at radius 1 is 1.07 bits per heavy atom. The van der Waals surface area contributed by atoms with E-state index in [1.165, 1.54) is 0 Å². The lowest BCUT2D eigenvalue weighted by molar-refractivity contribution is -0.137. The van der Waals surface area contributed by atoms with Crippen LogP contribution in [0.2, 0.25) is 0 Å². The van der Waals surface area contributed by atoms with E-state index in [4.69, 9.17) is 5.26 Å². The van der Waals surface area contributed by atoms with Gasteiger partial charge in [-0.05, 0) is 48.4 Å². The third-order valence-electron chi connectivity index (χ3n) is 4.52. The molecule has 0 bridgehead atoms. The van der Waals surface area contributed by atoms with Crippen molar-refractivity contribution in [2.24, 2.45) is 0 Å². The molecule has 0 aliphatic heterocycles. The van der Waals surface area contributed by atoms with E-state index in [0.29, 0.717) is 16.9 Å². The van der Waals surface area contributed by atoms with Crippen LogP contribution < -0.4 is 10.2 Å². The molecule has 0 unspecified atom stereocenters. The minimum atomic E-state index is -4.60. The standard InChI is InChI=1S/C22H20F3N5/c1-3-4-15-5-9-17(10-6-15)28-20-19(22(23,24)25)14-27-21(29-20)30(2)18-11-7-16(13-26)8-12-18/h5-12,14H,3-4H2,1-2H3,(H,27,28,29). The summed E-state index contributed by atoms with van der Waals surface area (Å²) in [7, 11) is 1.65. The van der Waals surface area contributed by atoms with Crippen molar-refractivity contribution in [3.8, 4) is 6.07 Å². The second-order valence-electron chi connectivity index (χ2n) is 6.72. The molecular formula is C22H20F3N5. The zero-order chi connectivity index (χ0) is 21.7. The number of hydrogen-bond donors (Lipinski definition) is 1. The van der Waals surface area contributed by atoms with Crippen molar-refractivity contribution < 1.29 is 13.2 Å². The van der Waals surface area contributed by atoms with Gasteiger partial charge in [0.1, 0.15) is 11.4 Å². The fourth-order valence-electron chi connectivity index (χ4n) is 2.89. The Hall–Kier alpha value is -3.60. The monoisotopic (exact) mass is 411 g/mol. The van der Waals surface area contributed by atoms with E-state index in [-0.39, 0.29) is 11.8 Å². The first-order chi connectivity index (χ1) is 14.3. The van der Waals surface area contributed by atoms with Crippen LogP contribution in [0.25, 0.3) is 0 Å². The number of halogens is 3. The van der Waals surface area contributed by atoms with Crippen LogP contribution in [0.3, 0.4) is 0 Å². The summed E-state index contributed by atoms with van der Waals surface area (Å²) in [6.07, 6.45) is -1.94. The SMILES string of the molecule is CCCc1ccc(Nc2nc(N(C)c3ccc(C#N)cc3)ncc2C(F)(F)F)cc1. The summed E-state index contributed by atoms with van der Waals surface area (Å²) in [5.41, 5.74) is 1.80. The van der Waals surface area contributed by atoms with Gasteiger partial charge in [0.25, 0.3) is 0 Å². The molecule has 2 aromatic carbocycles. The molecule has 154 valence electrons. The predicted octanol–water partition coefficient (Wildman–Crippen LogP) is 5.83. The lowest BCUT2D eigenvalue weighted by atomic mass is 10.1. The summed E-state index contributed by atoms with van der Waals surface area (Å²) in [6.45, 7) is 2.06. The van der Waals surface area contributed by atoms with Crippen LogP contribution >= 0.6 is 0 Å². The van der Waals surface area contributed by atoms with Crippen LogP contribution in [0.15, 0.2) is 54.7 Å². The highest BCUT2D eigenvalue weighted by molar-refractivity contribution is 5.64. The van der Waals surface area contributed by atoms with E-state index < -0.39 is 11.7 Å². The quantitative estimate of drug-likeness (QED) is 0.553. The lowest BCUT2D eigenvalue weighted by Crippen LogP contribution is -2.17. The van der Waals surface area contributed by atoms with Crippen molar-refractivity contribution in [3.63, 3.8) is 0 Å². The normalized spacial score (nSPS) is 11.1. The Bertz CT molecular complexity index is 1040. The van der Waals surface area contributed by atoms with Gasteiger partial charge >= 0.3 is 6.18 Å². The summed E-state index contributed by atoms with van der Waals surface area (Å²) in [5, 5.41) is 11.7. The van der Waals surface area contributed by atoms with Crippen LogP contribution in [-0.2, 0) is 12.6 Å². The van der Waals surface area contributed by atoms with Crippen molar-refractivity contribution in [1.82, 2.24) is 9.97 Å². The highest BCUT2D eigenvalue weighted by Gasteiger charge is 2.35. The summed E-state index contributed by atoms with van der Waals surface area (Å²) >= 11 is 0. The molecule has 5 nitrogen and oxygen atoms in total. The Balaban J connectivity index is 1.94. The molecule has 0 saturated carbocycles. The van der Waals surface area contributed by atoms with Gasteiger partial charge in [-0.2, -0.15) is 23.4 Å². The second kappa shape index (κ2) is 8.82. The molecule has 1 N–H and O–H groups in total. The van der Waals surface area contributed by atoms with Crippen molar-refractivity contribution in [3.05, 3.63) is 71.4 Å². The number of alkyl halides is 3. The Morgan fingerprint density at radius 3 is 2.30 bits per heavy atom. The Labute approximate surface area is 172 Å². The van der Waals surface area contributed by atoms with Crippen molar-refractivity contribution in [2.75, 3.05) is 17.3 Å². The summed E-state index contributed by atoms with van der Waals surface area (Å²) in [6, 6.07) is 15.8. The largest absolute Gasteiger partial charge is 0.421 e. The number of nitrogens with one attached hydrogen (secondary N) is 1. The van der Waals surface area contributed by atoms with Crippen molar-refractivity contribution in [1.29, 1.82) is 5.26 Å². The van der Waals surface area contributed by atoms with E-state index in [1.54, 1.807) is 48.3 Å². The summed E-state index contributed by atoms with van der Waals surface area (Å²) in [5.74, 6) is -0.228. The molecule has 0 spiro atoms. The van der Waals surface area contributed by atoms with Crippen LogP contribution in [-0.4, -0.2) is 17.0 Å². The number of nitriles is 1. The molecule has 0 fully saturated rings. The molecule has 30 heavy (non-hydrogen) atoms. The van der Waals surface area contributed by atoms with Gasteiger partial charge in [0.15, 0.2) is 0 Å². The fraction of sp³-hybridized carbons (Fsp3) is 0.227. The zero-order valence-electron chi connectivity index (χ0n) is 16.5. The van der Waals surface area contributed by atoms with Gasteiger partial charge in [-0.25, -0.2) is 4.98 Å². The molecule has 3 rings (SSSR count). The third kappa shape index (κ3) is 4.87. The molecule has 1 aromatic heterocycles. The molecular weight excluding hydrogens is 391 g/mol. The molecule has 0 aliphatic carbocycles. The van der Waals surface area contributed by atoms with Crippen molar-refractivity contribution >= 4 is 23.1 Å². The van der Waals surface area contributed by atoms with E-state index in [1.807, 2.05) is 18.2 Å². The van der Waals surface area contributed by atoms with Gasteiger partial charge in [0.2, 0.25) is 5.95 Å². The number of rotatable bonds is 6. The molecule has 0 aliphatic rings. The van der Waals surface area contributed by atoms with E-state index in [9.17, 15) is 13.2 Å². The van der Waals surface area contributed by atoms with E-state index in [2.05, 4.69) is 22.2 Å². The van der Waals surface area contributed by atoms with Gasteiger partial charge in [-0.15, -0.1) is 0 Å². The number of nitrogens with zero attached hydrogens (tertiary/aromatic N) is 4. The lowest BCUT2D eigenvalue weighted by Gasteiger charge is -2.20. The average molecular weight is 411 g/mol. The maximum absolute atomic E-state index is 13.5. The van der Waals surface area contributed by atoms with Crippen LogP contribution in [0.5, 0.6) is 0 Å². The number of benzene rings is 2. The van der Waals surface area contributed by atoms with Crippen LogP contribution in [0.1, 0.15) is 30.0 Å². The molecule has 0 amide bonds. The van der Waals surface area contributed by atoms with Gasteiger partial charge < -0.3 is 10.2 Å². The maximum Gasteiger partial charge on any atom is 0.421 e. The minimum absolute atomic E-state index is 0.0952. The predicted molar refractivity (Wildman–Crippen MR) is 110 cm³/mol. The number of aromatic nitrogens is 2. The molecule has 3 aromatic rings. The molecule has 0 radical (unpaired) electrons. The van der Waals surface area contributed by atoms with Gasteiger partial charge in [-0.3, -0.25) is 0 Å². The smallest absolute Gasteiger partial charge is 0.340 e. The van der Waals surface area contributed by atoms with Gasteiger partial charge in [-0.1, -0.05) is 25.5 Å². The van der Waals surface area contributed by atoms with E-state index in [0.717, 1.165) is 24.6 Å². The van der Waals surface area contributed by atoms with E-state index >= 15 is 0 Å². The first-order valence-electron chi connectivity index (χ1n) is 9.36. The molecule has 0 atom stereocenters. The molecule has 8 heteroatoms. The minimum Gasteiger partial charge on any atom is -0.340 e. The summed E-state index contributed by atoms with van der Waals surface area (Å²) < 4.78 is 40.5. The zero-order valence-corrected chi connectivity index (χ0v) is 16.5. The van der Waals surface area contributed by atoms with Gasteiger partial charge in [0, 0.05) is 24.6 Å². The highest BCUT2D eigenvalue weighted by atomic mass is 19.4. The fourth-order valence-corrected chi connectivity index (χ4v) is 2.89. The third-order valence-corrected chi connectivity index (χ3v) is 4.52. The van der Waals surface area contributed by atoms with Crippen LogP contribution in [0.4, 0.5) is 36.3 Å². The summed E-state index contributed by atoms with van der Waals surface area (Å²) in [4.78, 5) is 9.58. The highest BCUT2D eigenvalue weighted by Crippen LogP contribution is 2.36. The topological polar surface area (TPSA) is 64.8 Å². The number of aryl methyl sites for hydroxylation is 1. The molecule has 1 heterocycles. The maximum atomic E-state index is 13.5. The van der Waals surface area contributed by atoms with Crippen molar-refractivity contribution in [2.45, 2.75) is 25.9 Å². The Kier molecular flexibility index (Phi) is 6.21. The first-order valence-corrected chi connectivity index (χ1v) is 9.36. The van der Waals surface area contributed by atoms with Gasteiger partial charge in [0.05, 0.1) is 11.6 Å². The number of hydrogen-bond acceptors (Lipinski definition) is 5. The Morgan fingerprint density at radius 2 is 1.73 bits per heavy atom. The van der Waals surface area contributed by atoms with Crippen LogP contribution in [0, 0.1) is 11.3 Å². The molecule has 0 saturated heterocycles. The second-order valence-corrected chi connectivity index (χ2v) is 6.72.